The summed E-state index contributed by atoms with van der Waals surface area (Å²) in [5, 5.41) is 0. The summed E-state index contributed by atoms with van der Waals surface area (Å²) in [6.07, 6.45) is 0.907. The summed E-state index contributed by atoms with van der Waals surface area (Å²) in [7, 11) is 0. The fraction of sp³-hybridized carbons (Fsp3) is 0.214. The predicted molar refractivity (Wildman–Crippen MR) is 73.1 cm³/mol. The molecule has 1 aromatic heterocycles. The van der Waals surface area contributed by atoms with Crippen LogP contribution in [0.15, 0.2) is 28.7 Å². The minimum absolute atomic E-state index is 0.753. The lowest BCUT2D eigenvalue weighted by Crippen LogP contribution is -2.00. The fourth-order valence-electron chi connectivity index (χ4n) is 2.07. The first-order chi connectivity index (χ1) is 8.04. The fourth-order valence-corrected chi connectivity index (χ4v) is 2.32. The summed E-state index contributed by atoms with van der Waals surface area (Å²) in [5.74, 6) is 0. The summed E-state index contributed by atoms with van der Waals surface area (Å²) in [6.45, 7) is 6.04. The molecule has 0 unspecified atom stereocenters. The first-order valence-electron chi connectivity index (χ1n) is 5.45. The van der Waals surface area contributed by atoms with Crippen LogP contribution in [-0.4, -0.2) is 10.9 Å². The van der Waals surface area contributed by atoms with Crippen molar-refractivity contribution in [2.24, 2.45) is 0 Å². The molecule has 88 valence electrons. The second-order valence-electron chi connectivity index (χ2n) is 4.21. The molecule has 0 aliphatic carbocycles. The van der Waals surface area contributed by atoms with E-state index in [1.165, 1.54) is 5.56 Å². The van der Waals surface area contributed by atoms with Gasteiger partial charge < -0.3 is 4.57 Å². The second-order valence-corrected chi connectivity index (χ2v) is 5.07. The van der Waals surface area contributed by atoms with E-state index in [0.29, 0.717) is 0 Å². The topological polar surface area (TPSA) is 22.0 Å². The zero-order valence-corrected chi connectivity index (χ0v) is 11.7. The first-order valence-corrected chi connectivity index (χ1v) is 6.24. The van der Waals surface area contributed by atoms with Gasteiger partial charge >= 0.3 is 0 Å². The van der Waals surface area contributed by atoms with Gasteiger partial charge in [0.1, 0.15) is 0 Å². The lowest BCUT2D eigenvalue weighted by molar-refractivity contribution is 0.112. The van der Waals surface area contributed by atoms with Crippen LogP contribution in [0.5, 0.6) is 0 Å². The van der Waals surface area contributed by atoms with Gasteiger partial charge in [0.25, 0.3) is 0 Å². The Morgan fingerprint density at radius 2 is 1.88 bits per heavy atom. The summed E-state index contributed by atoms with van der Waals surface area (Å²) < 4.78 is 3.20. The van der Waals surface area contributed by atoms with Gasteiger partial charge in [0, 0.05) is 27.1 Å². The third-order valence-corrected chi connectivity index (χ3v) is 3.89. The number of aromatic nitrogens is 1. The maximum absolute atomic E-state index is 10.9. The molecule has 1 heterocycles. The molecule has 0 spiro atoms. The zero-order valence-electron chi connectivity index (χ0n) is 10.1. The van der Waals surface area contributed by atoms with Crippen molar-refractivity contribution in [2.45, 2.75) is 20.8 Å². The number of rotatable bonds is 2. The molecule has 2 rings (SSSR count). The monoisotopic (exact) mass is 291 g/mol. The highest BCUT2D eigenvalue weighted by Gasteiger charge is 2.10. The van der Waals surface area contributed by atoms with Crippen molar-refractivity contribution in [1.82, 2.24) is 4.57 Å². The number of hydrogen-bond donors (Lipinski definition) is 0. The molecule has 0 fully saturated rings. The molecular weight excluding hydrogens is 278 g/mol. The molecule has 0 atom stereocenters. The third-order valence-electron chi connectivity index (χ3n) is 3.00. The molecule has 0 aliphatic rings. The molecule has 0 amide bonds. The van der Waals surface area contributed by atoms with Gasteiger partial charge in [-0.3, -0.25) is 4.79 Å². The van der Waals surface area contributed by atoms with E-state index < -0.39 is 0 Å². The third kappa shape index (κ3) is 2.07. The smallest absolute Gasteiger partial charge is 0.151 e. The molecule has 3 heteroatoms. The summed E-state index contributed by atoms with van der Waals surface area (Å²) >= 11 is 3.49. The summed E-state index contributed by atoms with van der Waals surface area (Å²) in [6, 6.07) is 8.11. The Bertz CT molecular complexity index is 584. The molecule has 0 bridgehead atoms. The van der Waals surface area contributed by atoms with E-state index in [0.717, 1.165) is 33.4 Å². The number of carbonyl (C=O) groups is 1. The van der Waals surface area contributed by atoms with E-state index in [2.05, 4.69) is 33.5 Å². The molecule has 17 heavy (non-hydrogen) atoms. The number of halogens is 1. The molecule has 0 aliphatic heterocycles. The van der Waals surface area contributed by atoms with Crippen molar-refractivity contribution in [1.29, 1.82) is 0 Å². The Kier molecular flexibility index (Phi) is 3.20. The standard InChI is InChI=1S/C14H14BrNO/c1-9-6-13(4-5-14(9)15)16-10(2)7-12(8-17)11(16)3/h4-8H,1-3H3. The molecule has 0 N–H and O–H groups in total. The van der Waals surface area contributed by atoms with E-state index >= 15 is 0 Å². The van der Waals surface area contributed by atoms with Crippen LogP contribution in [-0.2, 0) is 0 Å². The van der Waals surface area contributed by atoms with Crippen molar-refractivity contribution >= 4 is 22.2 Å². The number of benzene rings is 1. The van der Waals surface area contributed by atoms with Crippen LogP contribution < -0.4 is 0 Å². The van der Waals surface area contributed by atoms with E-state index in [9.17, 15) is 4.79 Å². The maximum Gasteiger partial charge on any atom is 0.151 e. The molecule has 0 saturated carbocycles. The van der Waals surface area contributed by atoms with E-state index in [4.69, 9.17) is 0 Å². The van der Waals surface area contributed by atoms with Crippen molar-refractivity contribution in [3.63, 3.8) is 0 Å². The number of hydrogen-bond acceptors (Lipinski definition) is 1. The number of aldehydes is 1. The van der Waals surface area contributed by atoms with E-state index in [1.54, 1.807) is 0 Å². The van der Waals surface area contributed by atoms with Crippen molar-refractivity contribution in [3.05, 3.63) is 51.3 Å². The molecule has 2 nitrogen and oxygen atoms in total. The van der Waals surface area contributed by atoms with Gasteiger partial charge in [0.2, 0.25) is 0 Å². The molecule has 0 saturated heterocycles. The summed E-state index contributed by atoms with van der Waals surface area (Å²) in [4.78, 5) is 10.9. The van der Waals surface area contributed by atoms with Crippen molar-refractivity contribution in [2.75, 3.05) is 0 Å². The van der Waals surface area contributed by atoms with Crippen LogP contribution in [0.1, 0.15) is 27.3 Å². The number of aryl methyl sites for hydroxylation is 2. The molecular formula is C14H14BrNO. The number of nitrogens with zero attached hydrogens (tertiary/aromatic N) is 1. The van der Waals surface area contributed by atoms with Gasteiger partial charge in [-0.15, -0.1) is 0 Å². The van der Waals surface area contributed by atoms with Gasteiger partial charge in [-0.05, 0) is 50.6 Å². The average molecular weight is 292 g/mol. The highest BCUT2D eigenvalue weighted by Crippen LogP contribution is 2.24. The summed E-state index contributed by atoms with van der Waals surface area (Å²) in [5.41, 5.74) is 5.09. The van der Waals surface area contributed by atoms with Crippen LogP contribution >= 0.6 is 15.9 Å². The first kappa shape index (κ1) is 12.1. The van der Waals surface area contributed by atoms with E-state index in [-0.39, 0.29) is 0 Å². The van der Waals surface area contributed by atoms with Crippen molar-refractivity contribution in [3.8, 4) is 5.69 Å². The van der Waals surface area contributed by atoms with Crippen LogP contribution in [0, 0.1) is 20.8 Å². The Hall–Kier alpha value is -1.35. The van der Waals surface area contributed by atoms with Crippen LogP contribution in [0.4, 0.5) is 0 Å². The Labute approximate surface area is 109 Å². The van der Waals surface area contributed by atoms with Crippen LogP contribution in [0.3, 0.4) is 0 Å². The minimum Gasteiger partial charge on any atom is -0.318 e. The lowest BCUT2D eigenvalue weighted by atomic mass is 10.2. The van der Waals surface area contributed by atoms with Crippen LogP contribution in [0.25, 0.3) is 5.69 Å². The van der Waals surface area contributed by atoms with Crippen molar-refractivity contribution < 1.29 is 4.79 Å². The highest BCUT2D eigenvalue weighted by atomic mass is 79.9. The molecule has 2 aromatic rings. The number of carbonyl (C=O) groups excluding carboxylic acids is 1. The van der Waals surface area contributed by atoms with Crippen LogP contribution in [0.2, 0.25) is 0 Å². The normalized spacial score (nSPS) is 10.6. The zero-order chi connectivity index (χ0) is 12.6. The van der Waals surface area contributed by atoms with Gasteiger partial charge in [-0.25, -0.2) is 0 Å². The SMILES string of the molecule is Cc1cc(-n2c(C)cc(C=O)c2C)ccc1Br. The predicted octanol–water partition coefficient (Wildman–Crippen LogP) is 3.98. The Morgan fingerprint density at radius 1 is 1.18 bits per heavy atom. The average Bonchev–Trinajstić information content (AvgIpc) is 2.58. The van der Waals surface area contributed by atoms with Gasteiger partial charge in [0.05, 0.1) is 0 Å². The highest BCUT2D eigenvalue weighted by molar-refractivity contribution is 9.10. The molecule has 0 radical (unpaired) electrons. The van der Waals surface area contributed by atoms with E-state index in [1.807, 2.05) is 32.0 Å². The quantitative estimate of drug-likeness (QED) is 0.767. The van der Waals surface area contributed by atoms with Gasteiger partial charge in [-0.2, -0.15) is 0 Å². The van der Waals surface area contributed by atoms with Gasteiger partial charge in [-0.1, -0.05) is 15.9 Å². The second kappa shape index (κ2) is 4.49. The Balaban J connectivity index is 2.63. The lowest BCUT2D eigenvalue weighted by Gasteiger charge is -2.11. The minimum atomic E-state index is 0.753. The van der Waals surface area contributed by atoms with Gasteiger partial charge in [0.15, 0.2) is 6.29 Å². The molecule has 1 aromatic carbocycles. The Morgan fingerprint density at radius 3 is 2.41 bits per heavy atom. The largest absolute Gasteiger partial charge is 0.318 e. The maximum atomic E-state index is 10.9.